The van der Waals surface area contributed by atoms with E-state index in [-0.39, 0.29) is 12.8 Å². The predicted octanol–water partition coefficient (Wildman–Crippen LogP) is -0.226. The largest absolute Gasteiger partial charge is 0.393 e. The standard InChI is InChI=1S/C8H17NO3/c1-2-3-6(10)4-7(11)5-8(9)12/h6-7,10-11H,2-5H2,1H3,(H2,9,12). The number of rotatable bonds is 6. The van der Waals surface area contributed by atoms with Gasteiger partial charge in [0.25, 0.3) is 0 Å². The Kier molecular flexibility index (Phi) is 5.66. The van der Waals surface area contributed by atoms with Crippen LogP contribution in [-0.4, -0.2) is 28.3 Å². The SMILES string of the molecule is CCCC(O)CC(O)CC(N)=O. The van der Waals surface area contributed by atoms with E-state index in [1.54, 1.807) is 0 Å². The molecule has 4 N–H and O–H groups in total. The molecule has 0 fully saturated rings. The molecule has 0 heterocycles. The van der Waals surface area contributed by atoms with Crippen molar-refractivity contribution >= 4 is 5.91 Å². The van der Waals surface area contributed by atoms with Crippen molar-refractivity contribution in [2.45, 2.75) is 44.8 Å². The van der Waals surface area contributed by atoms with E-state index < -0.39 is 18.1 Å². The van der Waals surface area contributed by atoms with Crippen molar-refractivity contribution in [2.24, 2.45) is 5.73 Å². The molecule has 0 aliphatic carbocycles. The van der Waals surface area contributed by atoms with Gasteiger partial charge in [0.1, 0.15) is 0 Å². The van der Waals surface area contributed by atoms with Gasteiger partial charge < -0.3 is 15.9 Å². The highest BCUT2D eigenvalue weighted by Crippen LogP contribution is 2.06. The average Bonchev–Trinajstić information content (AvgIpc) is 1.84. The van der Waals surface area contributed by atoms with Crippen molar-refractivity contribution in [1.82, 2.24) is 0 Å². The minimum Gasteiger partial charge on any atom is -0.393 e. The Morgan fingerprint density at radius 2 is 2.00 bits per heavy atom. The molecule has 4 nitrogen and oxygen atoms in total. The fourth-order valence-electron chi connectivity index (χ4n) is 1.08. The Morgan fingerprint density at radius 1 is 1.42 bits per heavy atom. The molecule has 2 atom stereocenters. The molecular weight excluding hydrogens is 158 g/mol. The van der Waals surface area contributed by atoms with Gasteiger partial charge in [-0.3, -0.25) is 4.79 Å². The zero-order valence-electron chi connectivity index (χ0n) is 7.36. The van der Waals surface area contributed by atoms with Crippen molar-refractivity contribution in [2.75, 3.05) is 0 Å². The molecule has 0 aromatic rings. The second kappa shape index (κ2) is 5.97. The summed E-state index contributed by atoms with van der Waals surface area (Å²) in [7, 11) is 0. The number of primary amides is 1. The van der Waals surface area contributed by atoms with Crippen LogP contribution >= 0.6 is 0 Å². The number of hydrogen-bond acceptors (Lipinski definition) is 3. The van der Waals surface area contributed by atoms with Gasteiger partial charge in [-0.15, -0.1) is 0 Å². The van der Waals surface area contributed by atoms with Gasteiger partial charge in [0.05, 0.1) is 18.6 Å². The molecule has 2 unspecified atom stereocenters. The average molecular weight is 175 g/mol. The summed E-state index contributed by atoms with van der Waals surface area (Å²) < 4.78 is 0. The molecule has 0 aliphatic heterocycles. The smallest absolute Gasteiger partial charge is 0.220 e. The molecule has 0 spiro atoms. The lowest BCUT2D eigenvalue weighted by Gasteiger charge is -2.13. The Morgan fingerprint density at radius 3 is 2.42 bits per heavy atom. The maximum Gasteiger partial charge on any atom is 0.220 e. The van der Waals surface area contributed by atoms with Crippen molar-refractivity contribution in [3.05, 3.63) is 0 Å². The number of carbonyl (C=O) groups excluding carboxylic acids is 1. The first kappa shape index (κ1) is 11.4. The first-order valence-electron chi connectivity index (χ1n) is 4.20. The molecule has 12 heavy (non-hydrogen) atoms. The third-order valence-electron chi connectivity index (χ3n) is 1.60. The molecule has 0 radical (unpaired) electrons. The summed E-state index contributed by atoms with van der Waals surface area (Å²) >= 11 is 0. The summed E-state index contributed by atoms with van der Waals surface area (Å²) in [5, 5.41) is 18.4. The predicted molar refractivity (Wildman–Crippen MR) is 45.4 cm³/mol. The van der Waals surface area contributed by atoms with Crippen LogP contribution in [0.2, 0.25) is 0 Å². The molecule has 4 heteroatoms. The Bertz CT molecular complexity index is 138. The van der Waals surface area contributed by atoms with Crippen LogP contribution in [0.3, 0.4) is 0 Å². The fraction of sp³-hybridized carbons (Fsp3) is 0.875. The third-order valence-corrected chi connectivity index (χ3v) is 1.60. The Hall–Kier alpha value is -0.610. The summed E-state index contributed by atoms with van der Waals surface area (Å²) in [4.78, 5) is 10.3. The monoisotopic (exact) mass is 175 g/mol. The van der Waals surface area contributed by atoms with E-state index in [2.05, 4.69) is 0 Å². The number of nitrogens with two attached hydrogens (primary N) is 1. The number of aliphatic hydroxyl groups excluding tert-OH is 2. The highest BCUT2D eigenvalue weighted by molar-refractivity contribution is 5.74. The molecule has 0 aliphatic rings. The highest BCUT2D eigenvalue weighted by atomic mass is 16.3. The van der Waals surface area contributed by atoms with E-state index >= 15 is 0 Å². The summed E-state index contributed by atoms with van der Waals surface area (Å²) in [5.74, 6) is -0.536. The van der Waals surface area contributed by atoms with E-state index in [0.717, 1.165) is 6.42 Å². The van der Waals surface area contributed by atoms with Gasteiger partial charge >= 0.3 is 0 Å². The van der Waals surface area contributed by atoms with Crippen LogP contribution < -0.4 is 5.73 Å². The third kappa shape index (κ3) is 6.12. The second-order valence-corrected chi connectivity index (χ2v) is 3.00. The van der Waals surface area contributed by atoms with Crippen LogP contribution in [0.4, 0.5) is 0 Å². The fourth-order valence-corrected chi connectivity index (χ4v) is 1.08. The maximum absolute atomic E-state index is 10.3. The van der Waals surface area contributed by atoms with Gasteiger partial charge in [0.15, 0.2) is 0 Å². The molecule has 0 rings (SSSR count). The first-order chi connectivity index (χ1) is 5.56. The first-order valence-corrected chi connectivity index (χ1v) is 4.20. The molecular formula is C8H17NO3. The van der Waals surface area contributed by atoms with Gasteiger partial charge in [-0.25, -0.2) is 0 Å². The summed E-state index contributed by atoms with van der Waals surface area (Å²) in [6.07, 6.45) is 0.353. The summed E-state index contributed by atoms with van der Waals surface area (Å²) in [6, 6.07) is 0. The molecule has 0 saturated heterocycles. The quantitative estimate of drug-likeness (QED) is 0.521. The van der Waals surface area contributed by atoms with E-state index in [4.69, 9.17) is 10.8 Å². The van der Waals surface area contributed by atoms with Gasteiger partial charge in [0.2, 0.25) is 5.91 Å². The van der Waals surface area contributed by atoms with Crippen LogP contribution in [0.15, 0.2) is 0 Å². The van der Waals surface area contributed by atoms with Crippen LogP contribution in [0, 0.1) is 0 Å². The number of amides is 1. The van der Waals surface area contributed by atoms with E-state index in [9.17, 15) is 9.90 Å². The molecule has 0 bridgehead atoms. The van der Waals surface area contributed by atoms with Crippen molar-refractivity contribution < 1.29 is 15.0 Å². The number of aliphatic hydroxyl groups is 2. The van der Waals surface area contributed by atoms with Gasteiger partial charge in [0, 0.05) is 0 Å². The lowest BCUT2D eigenvalue weighted by Crippen LogP contribution is -2.24. The van der Waals surface area contributed by atoms with Gasteiger partial charge in [-0.1, -0.05) is 13.3 Å². The Balaban J connectivity index is 3.53. The van der Waals surface area contributed by atoms with Crippen molar-refractivity contribution in [3.63, 3.8) is 0 Å². The minimum atomic E-state index is -0.802. The van der Waals surface area contributed by atoms with Crippen LogP contribution in [0.1, 0.15) is 32.6 Å². The van der Waals surface area contributed by atoms with E-state index in [1.807, 2.05) is 6.92 Å². The Labute approximate surface area is 72.4 Å². The lowest BCUT2D eigenvalue weighted by atomic mass is 10.1. The molecule has 0 aromatic carbocycles. The molecule has 0 saturated carbocycles. The normalized spacial score (nSPS) is 15.6. The zero-order valence-corrected chi connectivity index (χ0v) is 7.36. The van der Waals surface area contributed by atoms with Crippen molar-refractivity contribution in [3.8, 4) is 0 Å². The van der Waals surface area contributed by atoms with Crippen molar-refractivity contribution in [1.29, 1.82) is 0 Å². The highest BCUT2D eigenvalue weighted by Gasteiger charge is 2.12. The van der Waals surface area contributed by atoms with Gasteiger partial charge in [-0.05, 0) is 12.8 Å². The summed E-state index contributed by atoms with van der Waals surface area (Å²) in [5.41, 5.74) is 4.86. The second-order valence-electron chi connectivity index (χ2n) is 3.00. The molecule has 72 valence electrons. The molecule has 1 amide bonds. The molecule has 0 aromatic heterocycles. The van der Waals surface area contributed by atoms with Crippen LogP contribution in [0.5, 0.6) is 0 Å². The lowest BCUT2D eigenvalue weighted by molar-refractivity contribution is -0.120. The van der Waals surface area contributed by atoms with E-state index in [0.29, 0.717) is 6.42 Å². The number of hydrogen-bond donors (Lipinski definition) is 3. The van der Waals surface area contributed by atoms with Crippen LogP contribution in [-0.2, 0) is 4.79 Å². The van der Waals surface area contributed by atoms with Crippen LogP contribution in [0.25, 0.3) is 0 Å². The topological polar surface area (TPSA) is 83.6 Å². The summed E-state index contributed by atoms with van der Waals surface area (Å²) in [6.45, 7) is 1.95. The number of carbonyl (C=O) groups is 1. The van der Waals surface area contributed by atoms with Gasteiger partial charge in [-0.2, -0.15) is 0 Å². The minimum absolute atomic E-state index is 0.0687. The maximum atomic E-state index is 10.3. The zero-order chi connectivity index (χ0) is 9.56. The van der Waals surface area contributed by atoms with E-state index in [1.165, 1.54) is 0 Å².